The number of ether oxygens (including phenoxy) is 1. The van der Waals surface area contributed by atoms with E-state index < -0.39 is 0 Å². The monoisotopic (exact) mass is 249 g/mol. The van der Waals surface area contributed by atoms with Crippen molar-refractivity contribution in [3.8, 4) is 0 Å². The predicted molar refractivity (Wildman–Crippen MR) is 70.8 cm³/mol. The van der Waals surface area contributed by atoms with Crippen LogP contribution < -0.4 is 4.90 Å². The number of nitrogens with zero attached hydrogens (tertiary/aromatic N) is 1. The van der Waals surface area contributed by atoms with Crippen LogP contribution in [0.25, 0.3) is 0 Å². The Kier molecular flexibility index (Phi) is 5.04. The molecule has 4 nitrogen and oxygen atoms in total. The molecule has 4 heteroatoms. The average Bonchev–Trinajstić information content (AvgIpc) is 2.27. The van der Waals surface area contributed by atoms with Crippen molar-refractivity contribution in [1.82, 2.24) is 0 Å². The summed E-state index contributed by atoms with van der Waals surface area (Å²) in [7, 11) is 1.47. The molecule has 0 heterocycles. The Morgan fingerprint density at radius 2 is 1.78 bits per heavy atom. The molecule has 1 amide bonds. The highest BCUT2D eigenvalue weighted by Gasteiger charge is 2.20. The standard InChI is InChI=1S/C14H19NO3/c1-10-6-5-7-11(2)14(10)15(8-12(3)16)13(17)9-18-4/h5-7H,8-9H2,1-4H3. The van der Waals surface area contributed by atoms with Crippen LogP contribution in [0.5, 0.6) is 0 Å². The number of benzene rings is 1. The first-order valence-electron chi connectivity index (χ1n) is 5.82. The van der Waals surface area contributed by atoms with E-state index in [1.54, 1.807) is 0 Å². The first-order chi connectivity index (χ1) is 8.47. The Bertz CT molecular complexity index is 434. The zero-order chi connectivity index (χ0) is 13.7. The molecule has 0 fully saturated rings. The lowest BCUT2D eigenvalue weighted by molar-refractivity contribution is -0.124. The molecule has 1 aromatic carbocycles. The van der Waals surface area contributed by atoms with Gasteiger partial charge >= 0.3 is 0 Å². The molecule has 0 aliphatic carbocycles. The van der Waals surface area contributed by atoms with Gasteiger partial charge in [-0.1, -0.05) is 18.2 Å². The van der Waals surface area contributed by atoms with Gasteiger partial charge in [0, 0.05) is 7.11 Å². The van der Waals surface area contributed by atoms with Crippen LogP contribution in [0, 0.1) is 13.8 Å². The lowest BCUT2D eigenvalue weighted by Gasteiger charge is -2.25. The summed E-state index contributed by atoms with van der Waals surface area (Å²) in [5.41, 5.74) is 2.75. The summed E-state index contributed by atoms with van der Waals surface area (Å²) >= 11 is 0. The van der Waals surface area contributed by atoms with E-state index in [2.05, 4.69) is 0 Å². The van der Waals surface area contributed by atoms with Gasteiger partial charge in [0.2, 0.25) is 0 Å². The minimum Gasteiger partial charge on any atom is -0.375 e. The van der Waals surface area contributed by atoms with Gasteiger partial charge in [-0.3, -0.25) is 9.59 Å². The minimum atomic E-state index is -0.204. The van der Waals surface area contributed by atoms with Gasteiger partial charge in [0.15, 0.2) is 0 Å². The summed E-state index contributed by atoms with van der Waals surface area (Å²) in [5.74, 6) is -0.257. The van der Waals surface area contributed by atoms with Crippen LogP contribution in [0.4, 0.5) is 5.69 Å². The summed E-state index contributed by atoms with van der Waals surface area (Å²) in [4.78, 5) is 24.9. The smallest absolute Gasteiger partial charge is 0.253 e. The van der Waals surface area contributed by atoms with Crippen LogP contribution in [-0.4, -0.2) is 32.0 Å². The lowest BCUT2D eigenvalue weighted by Crippen LogP contribution is -2.38. The van der Waals surface area contributed by atoms with E-state index in [1.807, 2.05) is 32.0 Å². The maximum absolute atomic E-state index is 12.0. The van der Waals surface area contributed by atoms with Crippen LogP contribution >= 0.6 is 0 Å². The second-order valence-corrected chi connectivity index (χ2v) is 4.36. The largest absolute Gasteiger partial charge is 0.375 e. The Morgan fingerprint density at radius 1 is 1.22 bits per heavy atom. The minimum absolute atomic E-state index is 0.0267. The van der Waals surface area contributed by atoms with E-state index in [1.165, 1.54) is 18.9 Å². The number of Topliss-reactive ketones (excluding diaryl/α,β-unsaturated/α-hetero) is 1. The number of carbonyl (C=O) groups excluding carboxylic acids is 2. The highest BCUT2D eigenvalue weighted by Crippen LogP contribution is 2.24. The molecular weight excluding hydrogens is 230 g/mol. The number of carbonyl (C=O) groups is 2. The van der Waals surface area contributed by atoms with E-state index in [0.717, 1.165) is 16.8 Å². The maximum atomic E-state index is 12.0. The van der Waals surface area contributed by atoms with Crippen molar-refractivity contribution >= 4 is 17.4 Å². The van der Waals surface area contributed by atoms with Gasteiger partial charge in [-0.15, -0.1) is 0 Å². The van der Waals surface area contributed by atoms with Crippen LogP contribution in [0.3, 0.4) is 0 Å². The number of hydrogen-bond acceptors (Lipinski definition) is 3. The fraction of sp³-hybridized carbons (Fsp3) is 0.429. The molecular formula is C14H19NO3. The van der Waals surface area contributed by atoms with Gasteiger partial charge in [0.05, 0.1) is 12.2 Å². The number of aryl methyl sites for hydroxylation is 2. The first-order valence-corrected chi connectivity index (χ1v) is 5.82. The molecule has 0 radical (unpaired) electrons. The molecule has 1 aromatic rings. The number of methoxy groups -OCH3 is 1. The van der Waals surface area contributed by atoms with Crippen molar-refractivity contribution in [2.75, 3.05) is 25.2 Å². The van der Waals surface area contributed by atoms with E-state index in [9.17, 15) is 9.59 Å². The molecule has 0 unspecified atom stereocenters. The van der Waals surface area contributed by atoms with Gasteiger partial charge in [-0.25, -0.2) is 0 Å². The van der Waals surface area contributed by atoms with E-state index in [-0.39, 0.29) is 24.8 Å². The third-order valence-corrected chi connectivity index (χ3v) is 2.66. The molecule has 0 saturated carbocycles. The quantitative estimate of drug-likeness (QED) is 0.800. The summed E-state index contributed by atoms with van der Waals surface area (Å²) in [6, 6.07) is 5.78. The average molecular weight is 249 g/mol. The van der Waals surface area contributed by atoms with Gasteiger partial charge in [-0.2, -0.15) is 0 Å². The summed E-state index contributed by atoms with van der Waals surface area (Å²) in [5, 5.41) is 0. The van der Waals surface area contributed by atoms with Crippen molar-refractivity contribution in [3.63, 3.8) is 0 Å². The van der Waals surface area contributed by atoms with Crippen LogP contribution in [-0.2, 0) is 14.3 Å². The molecule has 1 rings (SSSR count). The Hall–Kier alpha value is -1.68. The number of rotatable bonds is 5. The number of ketones is 1. The third-order valence-electron chi connectivity index (χ3n) is 2.66. The summed E-state index contributed by atoms with van der Waals surface area (Å²) in [6.45, 7) is 5.38. The molecule has 0 atom stereocenters. The van der Waals surface area contributed by atoms with Crippen molar-refractivity contribution in [1.29, 1.82) is 0 Å². The molecule has 0 aliphatic heterocycles. The molecule has 0 bridgehead atoms. The second kappa shape index (κ2) is 6.31. The highest BCUT2D eigenvalue weighted by atomic mass is 16.5. The number of amides is 1. The van der Waals surface area contributed by atoms with Crippen molar-refractivity contribution in [3.05, 3.63) is 29.3 Å². The first kappa shape index (κ1) is 14.4. The topological polar surface area (TPSA) is 46.6 Å². The lowest BCUT2D eigenvalue weighted by atomic mass is 10.1. The van der Waals surface area contributed by atoms with Crippen LogP contribution in [0.1, 0.15) is 18.1 Å². The Morgan fingerprint density at radius 3 is 2.22 bits per heavy atom. The van der Waals surface area contributed by atoms with Crippen molar-refractivity contribution in [2.45, 2.75) is 20.8 Å². The molecule has 0 aliphatic rings. The molecule has 0 saturated heterocycles. The summed E-state index contributed by atoms with van der Waals surface area (Å²) < 4.78 is 4.86. The fourth-order valence-corrected chi connectivity index (χ4v) is 1.95. The van der Waals surface area contributed by atoms with Gasteiger partial charge in [0.25, 0.3) is 5.91 Å². The van der Waals surface area contributed by atoms with Gasteiger partial charge in [-0.05, 0) is 31.9 Å². The molecule has 0 spiro atoms. The Balaban J connectivity index is 3.16. The second-order valence-electron chi connectivity index (χ2n) is 4.36. The zero-order valence-corrected chi connectivity index (χ0v) is 11.3. The van der Waals surface area contributed by atoms with E-state index in [0.29, 0.717) is 0 Å². The Labute approximate surface area is 108 Å². The number of anilines is 1. The van der Waals surface area contributed by atoms with Crippen molar-refractivity contribution < 1.29 is 14.3 Å². The van der Waals surface area contributed by atoms with Crippen LogP contribution in [0.15, 0.2) is 18.2 Å². The van der Waals surface area contributed by atoms with Gasteiger partial charge < -0.3 is 9.64 Å². The normalized spacial score (nSPS) is 10.2. The molecule has 0 N–H and O–H groups in total. The highest BCUT2D eigenvalue weighted by molar-refractivity contribution is 6.00. The molecule has 0 aromatic heterocycles. The predicted octanol–water partition coefficient (Wildman–Crippen LogP) is 1.87. The fourth-order valence-electron chi connectivity index (χ4n) is 1.95. The molecule has 18 heavy (non-hydrogen) atoms. The van der Waals surface area contributed by atoms with Crippen molar-refractivity contribution in [2.24, 2.45) is 0 Å². The summed E-state index contributed by atoms with van der Waals surface area (Å²) in [6.07, 6.45) is 0. The number of hydrogen-bond donors (Lipinski definition) is 0. The maximum Gasteiger partial charge on any atom is 0.253 e. The number of para-hydroxylation sites is 1. The van der Waals surface area contributed by atoms with E-state index in [4.69, 9.17) is 4.74 Å². The zero-order valence-electron chi connectivity index (χ0n) is 11.3. The third kappa shape index (κ3) is 3.40. The van der Waals surface area contributed by atoms with E-state index >= 15 is 0 Å². The SMILES string of the molecule is COCC(=O)N(CC(C)=O)c1c(C)cccc1C. The van der Waals surface area contributed by atoms with Crippen LogP contribution in [0.2, 0.25) is 0 Å². The van der Waals surface area contributed by atoms with Gasteiger partial charge in [0.1, 0.15) is 12.4 Å². The molecule has 98 valence electrons.